The number of carbonyl (C=O) groups excluding carboxylic acids is 2. The van der Waals surface area contributed by atoms with Gasteiger partial charge in [0, 0.05) is 23.2 Å². The number of amides is 1. The number of fused-ring (bicyclic) bond motifs is 1. The molecule has 7 heteroatoms. The van der Waals surface area contributed by atoms with Crippen LogP contribution >= 0.6 is 0 Å². The number of nitrogens with zero attached hydrogens (tertiary/aromatic N) is 1. The van der Waals surface area contributed by atoms with Gasteiger partial charge >= 0.3 is 5.97 Å². The number of rotatable bonds is 7. The summed E-state index contributed by atoms with van der Waals surface area (Å²) in [5, 5.41) is 13.4. The summed E-state index contributed by atoms with van der Waals surface area (Å²) in [5.41, 5.74) is 4.05. The number of aryl methyl sites for hydroxylation is 1. The summed E-state index contributed by atoms with van der Waals surface area (Å²) in [5.74, 6) is 0.366. The molecule has 2 aromatic rings. The number of benzene rings is 1. The molecule has 2 heterocycles. The van der Waals surface area contributed by atoms with E-state index in [2.05, 4.69) is 10.3 Å². The summed E-state index contributed by atoms with van der Waals surface area (Å²) in [4.78, 5) is 28.4. The molecule has 1 aromatic heterocycles. The van der Waals surface area contributed by atoms with E-state index < -0.39 is 5.97 Å². The van der Waals surface area contributed by atoms with Crippen molar-refractivity contribution < 1.29 is 24.2 Å². The Morgan fingerprint density at radius 1 is 1.33 bits per heavy atom. The van der Waals surface area contributed by atoms with Crippen LogP contribution in [0.25, 0.3) is 0 Å². The number of methoxy groups -OCH3 is 1. The summed E-state index contributed by atoms with van der Waals surface area (Å²) in [6.45, 7) is 5.79. The average molecular weight is 410 g/mol. The number of esters is 1. The number of phenols is 1. The Hall–Kier alpha value is -3.35. The van der Waals surface area contributed by atoms with Crippen molar-refractivity contribution in [1.29, 1.82) is 0 Å². The third kappa shape index (κ3) is 4.45. The van der Waals surface area contributed by atoms with Crippen LogP contribution in [0.4, 0.5) is 5.82 Å². The third-order valence-electron chi connectivity index (χ3n) is 5.20. The van der Waals surface area contributed by atoms with Crippen LogP contribution < -0.4 is 10.1 Å². The Kier molecular flexibility index (Phi) is 6.40. The smallest absolute Gasteiger partial charge is 0.342 e. The van der Waals surface area contributed by atoms with Crippen molar-refractivity contribution in [2.24, 2.45) is 0 Å². The number of hydrogen-bond donors (Lipinski definition) is 2. The number of aromatic nitrogens is 1. The molecule has 1 aromatic carbocycles. The van der Waals surface area contributed by atoms with Gasteiger partial charge in [0.15, 0.2) is 0 Å². The van der Waals surface area contributed by atoms with Gasteiger partial charge in [-0.1, -0.05) is 17.7 Å². The highest BCUT2D eigenvalue weighted by Gasteiger charge is 2.31. The Labute approximate surface area is 175 Å². The van der Waals surface area contributed by atoms with E-state index >= 15 is 0 Å². The SMILES string of the molecule is COc1c(C)c2c(c(O)c1CC=C(C)CCC(=O)Nc1cccc(C)n1)C(=O)OC2. The van der Waals surface area contributed by atoms with Crippen molar-refractivity contribution in [2.45, 2.75) is 46.6 Å². The number of cyclic esters (lactones) is 1. The molecule has 0 radical (unpaired) electrons. The number of aromatic hydroxyl groups is 1. The maximum atomic E-state index is 12.2. The van der Waals surface area contributed by atoms with Crippen molar-refractivity contribution >= 4 is 17.7 Å². The number of hydrogen-bond acceptors (Lipinski definition) is 6. The van der Waals surface area contributed by atoms with Crippen LogP contribution in [0.15, 0.2) is 29.8 Å². The van der Waals surface area contributed by atoms with Crippen molar-refractivity contribution in [3.05, 3.63) is 57.8 Å². The largest absolute Gasteiger partial charge is 0.507 e. The van der Waals surface area contributed by atoms with Gasteiger partial charge in [-0.05, 0) is 51.3 Å². The van der Waals surface area contributed by atoms with Crippen LogP contribution in [0, 0.1) is 13.8 Å². The minimum atomic E-state index is -0.517. The second-order valence-electron chi connectivity index (χ2n) is 7.38. The van der Waals surface area contributed by atoms with E-state index in [9.17, 15) is 14.7 Å². The zero-order valence-electron chi connectivity index (χ0n) is 17.7. The molecule has 0 saturated heterocycles. The first-order valence-electron chi connectivity index (χ1n) is 9.79. The lowest BCUT2D eigenvalue weighted by atomic mass is 9.94. The van der Waals surface area contributed by atoms with Crippen LogP contribution in [-0.2, 0) is 22.6 Å². The Balaban J connectivity index is 1.68. The highest BCUT2D eigenvalue weighted by molar-refractivity contribution is 5.98. The second-order valence-corrected chi connectivity index (χ2v) is 7.38. The fourth-order valence-corrected chi connectivity index (χ4v) is 3.54. The number of allylic oxidation sites excluding steroid dienone is 2. The second kappa shape index (κ2) is 8.98. The Morgan fingerprint density at radius 3 is 2.80 bits per heavy atom. The highest BCUT2D eigenvalue weighted by Crippen LogP contribution is 2.42. The molecule has 0 aliphatic carbocycles. The normalized spacial score (nSPS) is 13.1. The lowest BCUT2D eigenvalue weighted by Gasteiger charge is -2.15. The van der Waals surface area contributed by atoms with Gasteiger partial charge in [0.1, 0.15) is 29.5 Å². The zero-order valence-corrected chi connectivity index (χ0v) is 17.7. The molecule has 1 amide bonds. The molecule has 3 rings (SSSR count). The highest BCUT2D eigenvalue weighted by atomic mass is 16.5. The fraction of sp³-hybridized carbons (Fsp3) is 0.348. The number of carbonyl (C=O) groups is 2. The van der Waals surface area contributed by atoms with Crippen molar-refractivity contribution in [3.63, 3.8) is 0 Å². The van der Waals surface area contributed by atoms with E-state index in [1.807, 2.05) is 39.0 Å². The molecule has 1 aliphatic rings. The summed E-state index contributed by atoms with van der Waals surface area (Å²) >= 11 is 0. The number of phenolic OH excluding ortho intramolecular Hbond substituents is 1. The van der Waals surface area contributed by atoms with Crippen LogP contribution in [0.2, 0.25) is 0 Å². The van der Waals surface area contributed by atoms with E-state index in [4.69, 9.17) is 9.47 Å². The number of ether oxygens (including phenoxy) is 2. The number of anilines is 1. The van der Waals surface area contributed by atoms with Crippen LogP contribution in [0.5, 0.6) is 11.5 Å². The molecule has 1 aliphatic heterocycles. The van der Waals surface area contributed by atoms with Gasteiger partial charge in [-0.25, -0.2) is 9.78 Å². The molecule has 0 bridgehead atoms. The fourth-order valence-electron chi connectivity index (χ4n) is 3.54. The van der Waals surface area contributed by atoms with Gasteiger partial charge in [0.25, 0.3) is 0 Å². The average Bonchev–Trinajstić information content (AvgIpc) is 3.10. The molecule has 0 spiro atoms. The van der Waals surface area contributed by atoms with Gasteiger partial charge in [-0.3, -0.25) is 4.79 Å². The van der Waals surface area contributed by atoms with Crippen LogP contribution in [0.1, 0.15) is 52.5 Å². The number of nitrogens with one attached hydrogen (secondary N) is 1. The summed E-state index contributed by atoms with van der Waals surface area (Å²) in [7, 11) is 1.54. The first kappa shape index (κ1) is 21.4. The summed E-state index contributed by atoms with van der Waals surface area (Å²) in [6.07, 6.45) is 3.19. The molecule has 7 nitrogen and oxygen atoms in total. The third-order valence-corrected chi connectivity index (χ3v) is 5.20. The lowest BCUT2D eigenvalue weighted by molar-refractivity contribution is -0.116. The molecule has 0 atom stereocenters. The van der Waals surface area contributed by atoms with Gasteiger partial charge in [-0.15, -0.1) is 0 Å². The first-order chi connectivity index (χ1) is 14.3. The molecule has 0 saturated carbocycles. The van der Waals surface area contributed by atoms with Crippen molar-refractivity contribution in [3.8, 4) is 11.5 Å². The molecule has 2 N–H and O–H groups in total. The maximum absolute atomic E-state index is 12.2. The molecular weight excluding hydrogens is 384 g/mol. The monoisotopic (exact) mass is 410 g/mol. The number of pyridine rings is 1. The van der Waals surface area contributed by atoms with Crippen molar-refractivity contribution in [1.82, 2.24) is 4.98 Å². The van der Waals surface area contributed by atoms with Gasteiger partial charge < -0.3 is 19.9 Å². The molecule has 158 valence electrons. The molecule has 0 unspecified atom stereocenters. The standard InChI is InChI=1S/C23H26N2O5/c1-13(9-11-19(26)25-18-7-5-6-14(2)24-18)8-10-16-21(27)20-17(12-30-23(20)28)15(3)22(16)29-4/h5-8,27H,9-12H2,1-4H3,(H,24,25,26). The quantitative estimate of drug-likeness (QED) is 0.529. The predicted octanol–water partition coefficient (Wildman–Crippen LogP) is 3.99. The Morgan fingerprint density at radius 2 is 2.10 bits per heavy atom. The lowest BCUT2D eigenvalue weighted by Crippen LogP contribution is -2.12. The molecular formula is C23H26N2O5. The van der Waals surface area contributed by atoms with Gasteiger partial charge in [0.05, 0.1) is 7.11 Å². The van der Waals surface area contributed by atoms with Crippen LogP contribution in [-0.4, -0.2) is 29.1 Å². The molecule has 30 heavy (non-hydrogen) atoms. The van der Waals surface area contributed by atoms with E-state index in [0.717, 1.165) is 16.8 Å². The van der Waals surface area contributed by atoms with Crippen molar-refractivity contribution in [2.75, 3.05) is 12.4 Å². The topological polar surface area (TPSA) is 97.8 Å². The van der Waals surface area contributed by atoms with Crippen LogP contribution in [0.3, 0.4) is 0 Å². The minimum absolute atomic E-state index is 0.0951. The van der Waals surface area contributed by atoms with E-state index in [-0.39, 0.29) is 23.8 Å². The summed E-state index contributed by atoms with van der Waals surface area (Å²) in [6, 6.07) is 5.47. The maximum Gasteiger partial charge on any atom is 0.342 e. The summed E-state index contributed by atoms with van der Waals surface area (Å²) < 4.78 is 10.6. The predicted molar refractivity (Wildman–Crippen MR) is 113 cm³/mol. The van der Waals surface area contributed by atoms with E-state index in [1.165, 1.54) is 7.11 Å². The Bertz CT molecular complexity index is 1030. The zero-order chi connectivity index (χ0) is 21.8. The van der Waals surface area contributed by atoms with E-state index in [0.29, 0.717) is 42.0 Å². The van der Waals surface area contributed by atoms with Gasteiger partial charge in [-0.2, -0.15) is 0 Å². The molecule has 0 fully saturated rings. The van der Waals surface area contributed by atoms with E-state index in [1.54, 1.807) is 6.07 Å². The first-order valence-corrected chi connectivity index (χ1v) is 9.79. The minimum Gasteiger partial charge on any atom is -0.507 e. The van der Waals surface area contributed by atoms with Gasteiger partial charge in [0.2, 0.25) is 5.91 Å².